The van der Waals surface area contributed by atoms with Crippen LogP contribution in [-0.4, -0.2) is 25.2 Å². The van der Waals surface area contributed by atoms with Gasteiger partial charge in [0.15, 0.2) is 0 Å². The number of anilines is 2. The number of para-hydroxylation sites is 2. The van der Waals surface area contributed by atoms with Gasteiger partial charge in [-0.05, 0) is 36.6 Å². The van der Waals surface area contributed by atoms with E-state index >= 15 is 0 Å². The molecule has 1 saturated heterocycles. The van der Waals surface area contributed by atoms with Crippen LogP contribution in [0.4, 0.5) is 11.4 Å². The highest BCUT2D eigenvalue weighted by atomic mass is 35.5. The van der Waals surface area contributed by atoms with Crippen molar-refractivity contribution in [3.63, 3.8) is 0 Å². The summed E-state index contributed by atoms with van der Waals surface area (Å²) in [6.45, 7) is 1.34. The van der Waals surface area contributed by atoms with Crippen LogP contribution in [0.3, 0.4) is 0 Å². The first-order valence-electron chi connectivity index (χ1n) is 8.30. The molecule has 0 radical (unpaired) electrons. The van der Waals surface area contributed by atoms with Crippen molar-refractivity contribution in [2.45, 2.75) is 25.4 Å². The molecule has 2 aromatic rings. The molecule has 0 bridgehead atoms. The molecule has 0 saturated carbocycles. The number of rotatable bonds is 6. The first-order chi connectivity index (χ1) is 12.1. The average molecular weight is 379 g/mol. The maximum Gasteiger partial charge on any atom is 0.224 e. The maximum absolute atomic E-state index is 12.3. The molecule has 1 unspecified atom stereocenters. The van der Waals surface area contributed by atoms with Gasteiger partial charge in [-0.1, -0.05) is 47.5 Å². The fourth-order valence-corrected chi connectivity index (χ4v) is 3.31. The maximum atomic E-state index is 12.3. The first kappa shape index (κ1) is 18.1. The summed E-state index contributed by atoms with van der Waals surface area (Å²) in [4.78, 5) is 12.3. The standard InChI is InChI=1S/C19H20Cl2N2O2/c20-15-7-3-8-16(21)19(15)23-17-9-2-1-5-13(17)11-18(24)22-12-14-6-4-10-25-14/h1-3,5,7-9,14,23H,4,6,10-12H2,(H,22,24). The van der Waals surface area contributed by atoms with E-state index in [0.717, 1.165) is 30.7 Å². The number of hydrogen-bond donors (Lipinski definition) is 2. The number of amides is 1. The quantitative estimate of drug-likeness (QED) is 0.773. The molecule has 4 nitrogen and oxygen atoms in total. The highest BCUT2D eigenvalue weighted by Crippen LogP contribution is 2.33. The third-order valence-electron chi connectivity index (χ3n) is 4.14. The Balaban J connectivity index is 1.67. The Hall–Kier alpha value is -1.75. The third-order valence-corrected chi connectivity index (χ3v) is 4.77. The Morgan fingerprint density at radius 3 is 2.60 bits per heavy atom. The van der Waals surface area contributed by atoms with Gasteiger partial charge >= 0.3 is 0 Å². The van der Waals surface area contributed by atoms with Gasteiger partial charge in [0, 0.05) is 18.8 Å². The highest BCUT2D eigenvalue weighted by Gasteiger charge is 2.17. The molecule has 132 valence electrons. The van der Waals surface area contributed by atoms with Crippen LogP contribution in [0.15, 0.2) is 42.5 Å². The van der Waals surface area contributed by atoms with E-state index in [1.54, 1.807) is 18.2 Å². The van der Waals surface area contributed by atoms with E-state index in [2.05, 4.69) is 10.6 Å². The van der Waals surface area contributed by atoms with Crippen molar-refractivity contribution in [1.29, 1.82) is 0 Å². The summed E-state index contributed by atoms with van der Waals surface area (Å²) in [5, 5.41) is 7.25. The zero-order valence-electron chi connectivity index (χ0n) is 13.7. The second kappa shape index (κ2) is 8.56. The van der Waals surface area contributed by atoms with Gasteiger partial charge in [-0.2, -0.15) is 0 Å². The van der Waals surface area contributed by atoms with E-state index in [1.807, 2.05) is 24.3 Å². The summed E-state index contributed by atoms with van der Waals surface area (Å²) >= 11 is 12.4. The minimum Gasteiger partial charge on any atom is -0.376 e. The number of carbonyl (C=O) groups excluding carboxylic acids is 1. The monoisotopic (exact) mass is 378 g/mol. The zero-order valence-corrected chi connectivity index (χ0v) is 15.2. The molecule has 1 fully saturated rings. The molecule has 1 aliphatic heterocycles. The van der Waals surface area contributed by atoms with E-state index in [9.17, 15) is 4.79 Å². The predicted octanol–water partition coefficient (Wildman–Crippen LogP) is 4.57. The van der Waals surface area contributed by atoms with Crippen LogP contribution in [0, 0.1) is 0 Å². The summed E-state index contributed by atoms with van der Waals surface area (Å²) in [6.07, 6.45) is 2.48. The van der Waals surface area contributed by atoms with Crippen molar-refractivity contribution in [2.24, 2.45) is 0 Å². The second-order valence-corrected chi connectivity index (χ2v) is 6.81. The molecule has 25 heavy (non-hydrogen) atoms. The molecular weight excluding hydrogens is 359 g/mol. The zero-order chi connectivity index (χ0) is 17.6. The molecule has 2 aromatic carbocycles. The molecule has 2 N–H and O–H groups in total. The van der Waals surface area contributed by atoms with Gasteiger partial charge in [0.2, 0.25) is 5.91 Å². The number of ether oxygens (including phenoxy) is 1. The summed E-state index contributed by atoms with van der Waals surface area (Å²) in [7, 11) is 0. The van der Waals surface area contributed by atoms with E-state index in [-0.39, 0.29) is 18.4 Å². The molecule has 6 heteroatoms. The van der Waals surface area contributed by atoms with Crippen molar-refractivity contribution >= 4 is 40.5 Å². The number of nitrogens with one attached hydrogen (secondary N) is 2. The van der Waals surface area contributed by atoms with Crippen LogP contribution in [0.2, 0.25) is 10.0 Å². The summed E-state index contributed by atoms with van der Waals surface area (Å²) in [6, 6.07) is 13.0. The van der Waals surface area contributed by atoms with Crippen LogP contribution >= 0.6 is 23.2 Å². The van der Waals surface area contributed by atoms with Crippen molar-refractivity contribution < 1.29 is 9.53 Å². The van der Waals surface area contributed by atoms with Crippen LogP contribution in [0.1, 0.15) is 18.4 Å². The van der Waals surface area contributed by atoms with Crippen LogP contribution in [0.25, 0.3) is 0 Å². The lowest BCUT2D eigenvalue weighted by Gasteiger charge is -2.15. The molecule has 3 rings (SSSR count). The smallest absolute Gasteiger partial charge is 0.224 e. The molecule has 0 aromatic heterocycles. The normalized spacial score (nSPS) is 16.6. The predicted molar refractivity (Wildman–Crippen MR) is 102 cm³/mol. The molecule has 1 heterocycles. The van der Waals surface area contributed by atoms with Gasteiger partial charge in [0.25, 0.3) is 0 Å². The number of benzene rings is 2. The summed E-state index contributed by atoms with van der Waals surface area (Å²) < 4.78 is 5.53. The van der Waals surface area contributed by atoms with Crippen LogP contribution in [-0.2, 0) is 16.0 Å². The van der Waals surface area contributed by atoms with E-state index in [0.29, 0.717) is 22.3 Å². The van der Waals surface area contributed by atoms with Crippen molar-refractivity contribution in [3.05, 3.63) is 58.1 Å². The lowest BCUT2D eigenvalue weighted by molar-refractivity contribution is -0.120. The Morgan fingerprint density at radius 1 is 1.12 bits per heavy atom. The Kier molecular flexibility index (Phi) is 6.19. The van der Waals surface area contributed by atoms with Crippen LogP contribution < -0.4 is 10.6 Å². The molecule has 1 atom stereocenters. The van der Waals surface area contributed by atoms with Gasteiger partial charge in [-0.15, -0.1) is 0 Å². The lowest BCUT2D eigenvalue weighted by atomic mass is 10.1. The minimum absolute atomic E-state index is 0.0324. The van der Waals surface area contributed by atoms with Crippen molar-refractivity contribution in [1.82, 2.24) is 5.32 Å². The average Bonchev–Trinajstić information content (AvgIpc) is 3.11. The van der Waals surface area contributed by atoms with E-state index in [4.69, 9.17) is 27.9 Å². The van der Waals surface area contributed by atoms with Gasteiger partial charge in [-0.25, -0.2) is 0 Å². The Bertz CT molecular complexity index is 726. The van der Waals surface area contributed by atoms with E-state index < -0.39 is 0 Å². The summed E-state index contributed by atoms with van der Waals surface area (Å²) in [5.74, 6) is -0.0324. The van der Waals surface area contributed by atoms with Gasteiger partial charge in [0.1, 0.15) is 0 Å². The highest BCUT2D eigenvalue weighted by molar-refractivity contribution is 6.39. The molecule has 1 amide bonds. The van der Waals surface area contributed by atoms with Gasteiger partial charge < -0.3 is 15.4 Å². The lowest BCUT2D eigenvalue weighted by Crippen LogP contribution is -2.32. The molecular formula is C19H20Cl2N2O2. The van der Waals surface area contributed by atoms with Crippen molar-refractivity contribution in [2.75, 3.05) is 18.5 Å². The van der Waals surface area contributed by atoms with Crippen molar-refractivity contribution in [3.8, 4) is 0 Å². The SMILES string of the molecule is O=C(Cc1ccccc1Nc1c(Cl)cccc1Cl)NCC1CCCO1. The molecule has 0 aliphatic carbocycles. The topological polar surface area (TPSA) is 50.4 Å². The fourth-order valence-electron chi connectivity index (χ4n) is 2.82. The van der Waals surface area contributed by atoms with Gasteiger partial charge in [0.05, 0.1) is 28.3 Å². The minimum atomic E-state index is -0.0324. The van der Waals surface area contributed by atoms with Gasteiger partial charge in [-0.3, -0.25) is 4.79 Å². The number of carbonyl (C=O) groups is 1. The Morgan fingerprint density at radius 2 is 1.88 bits per heavy atom. The number of hydrogen-bond acceptors (Lipinski definition) is 3. The van der Waals surface area contributed by atoms with Crippen LogP contribution in [0.5, 0.6) is 0 Å². The Labute approximate surface area is 157 Å². The fraction of sp³-hybridized carbons (Fsp3) is 0.316. The summed E-state index contributed by atoms with van der Waals surface area (Å²) in [5.41, 5.74) is 2.33. The first-order valence-corrected chi connectivity index (χ1v) is 9.06. The van der Waals surface area contributed by atoms with E-state index in [1.165, 1.54) is 0 Å². The molecule has 0 spiro atoms. The largest absolute Gasteiger partial charge is 0.376 e. The third kappa shape index (κ3) is 4.88. The molecule has 1 aliphatic rings. The number of halogens is 2. The second-order valence-electron chi connectivity index (χ2n) is 5.99.